The Morgan fingerprint density at radius 2 is 1.59 bits per heavy atom. The SMILES string of the molecule is COc1cc(CC(=O)Nc2nnc(CCCC/C(N)=C/C=C(\N)NC(=O)Cc3ccccc3)s2)cc(OC)c1. The molecular weight excluding hydrogens is 516 g/mol. The van der Waals surface area contributed by atoms with Crippen LogP contribution in [0.4, 0.5) is 5.13 Å². The number of unbranched alkanes of at least 4 members (excludes halogenated alkanes) is 1. The molecule has 0 aliphatic carbocycles. The summed E-state index contributed by atoms with van der Waals surface area (Å²) < 4.78 is 10.5. The third-order valence-electron chi connectivity index (χ3n) is 5.56. The van der Waals surface area contributed by atoms with E-state index in [2.05, 4.69) is 20.8 Å². The number of methoxy groups -OCH3 is 2. The maximum absolute atomic E-state index is 12.5. The number of rotatable bonds is 14. The molecule has 3 rings (SSSR count). The highest BCUT2D eigenvalue weighted by Crippen LogP contribution is 2.23. The Bertz CT molecular complexity index is 1280. The summed E-state index contributed by atoms with van der Waals surface area (Å²) in [6.07, 6.45) is 6.81. The molecule has 0 unspecified atom stereocenters. The van der Waals surface area contributed by atoms with Crippen molar-refractivity contribution in [2.24, 2.45) is 11.5 Å². The number of hydrogen-bond donors (Lipinski definition) is 4. The van der Waals surface area contributed by atoms with Gasteiger partial charge in [-0.05, 0) is 54.7 Å². The summed E-state index contributed by atoms with van der Waals surface area (Å²) in [6, 6.07) is 14.8. The van der Waals surface area contributed by atoms with Crippen LogP contribution in [-0.4, -0.2) is 36.2 Å². The van der Waals surface area contributed by atoms with Gasteiger partial charge in [-0.1, -0.05) is 41.7 Å². The van der Waals surface area contributed by atoms with Crippen molar-refractivity contribution in [2.75, 3.05) is 19.5 Å². The summed E-state index contributed by atoms with van der Waals surface area (Å²) in [5, 5.41) is 15.0. The van der Waals surface area contributed by atoms with E-state index in [4.69, 9.17) is 20.9 Å². The molecule has 0 saturated heterocycles. The van der Waals surface area contributed by atoms with Crippen LogP contribution in [0.1, 0.15) is 35.4 Å². The van der Waals surface area contributed by atoms with Crippen molar-refractivity contribution in [3.8, 4) is 11.5 Å². The molecular formula is C28H34N6O4S. The number of aryl methyl sites for hydroxylation is 1. The minimum absolute atomic E-state index is 0.157. The van der Waals surface area contributed by atoms with E-state index in [0.717, 1.165) is 35.4 Å². The molecule has 0 bridgehead atoms. The smallest absolute Gasteiger partial charge is 0.230 e. The lowest BCUT2D eigenvalue weighted by Gasteiger charge is -2.08. The fourth-order valence-corrected chi connectivity index (χ4v) is 4.43. The molecule has 0 fully saturated rings. The molecule has 0 radical (unpaired) electrons. The summed E-state index contributed by atoms with van der Waals surface area (Å²) in [5.41, 5.74) is 14.3. The van der Waals surface area contributed by atoms with E-state index in [1.165, 1.54) is 11.3 Å². The topological polar surface area (TPSA) is 154 Å². The quantitative estimate of drug-likeness (QED) is 0.176. The third-order valence-corrected chi connectivity index (χ3v) is 6.46. The van der Waals surface area contributed by atoms with Crippen LogP contribution < -0.4 is 31.6 Å². The molecule has 0 saturated carbocycles. The van der Waals surface area contributed by atoms with Crippen molar-refractivity contribution < 1.29 is 19.1 Å². The van der Waals surface area contributed by atoms with Gasteiger partial charge in [-0.25, -0.2) is 0 Å². The van der Waals surface area contributed by atoms with Gasteiger partial charge in [0.25, 0.3) is 0 Å². The highest BCUT2D eigenvalue weighted by molar-refractivity contribution is 7.15. The monoisotopic (exact) mass is 550 g/mol. The van der Waals surface area contributed by atoms with Crippen molar-refractivity contribution in [2.45, 2.75) is 38.5 Å². The van der Waals surface area contributed by atoms with E-state index in [0.29, 0.717) is 28.7 Å². The molecule has 2 aromatic carbocycles. The Morgan fingerprint density at radius 1 is 0.897 bits per heavy atom. The second kappa shape index (κ2) is 15.1. The number of amides is 2. The molecule has 1 heterocycles. The highest BCUT2D eigenvalue weighted by atomic mass is 32.1. The van der Waals surface area contributed by atoms with E-state index in [1.54, 1.807) is 44.6 Å². The standard InChI is InChI=1S/C28H34N6O4S/c1-37-22-14-20(15-23(18-22)38-2)17-26(36)32-28-34-33-27(39-28)11-7-6-10-21(29)12-13-24(30)31-25(35)16-19-8-4-3-5-9-19/h3-5,8-9,12-15,18H,6-7,10-11,16-17,29-30H2,1-2H3,(H,31,35)(H,32,34,36)/b21-12-,24-13+. The summed E-state index contributed by atoms with van der Waals surface area (Å²) in [5.74, 6) is 1.10. The number of hydrogen-bond acceptors (Lipinski definition) is 9. The number of nitrogens with two attached hydrogens (primary N) is 2. The Balaban J connectivity index is 1.37. The number of aromatic nitrogens is 2. The van der Waals surface area contributed by atoms with Gasteiger partial charge < -0.3 is 31.6 Å². The number of ether oxygens (including phenoxy) is 2. The summed E-state index contributed by atoms with van der Waals surface area (Å²) >= 11 is 1.35. The van der Waals surface area contributed by atoms with Crippen LogP contribution in [0.2, 0.25) is 0 Å². The molecule has 39 heavy (non-hydrogen) atoms. The minimum Gasteiger partial charge on any atom is -0.497 e. The van der Waals surface area contributed by atoms with E-state index < -0.39 is 0 Å². The average Bonchev–Trinajstić information content (AvgIpc) is 3.36. The van der Waals surface area contributed by atoms with E-state index in [1.807, 2.05) is 30.3 Å². The largest absolute Gasteiger partial charge is 0.497 e. The van der Waals surface area contributed by atoms with Crippen LogP contribution in [0.25, 0.3) is 0 Å². The fourth-order valence-electron chi connectivity index (χ4n) is 3.64. The first-order valence-electron chi connectivity index (χ1n) is 12.4. The van der Waals surface area contributed by atoms with Gasteiger partial charge in [0, 0.05) is 18.2 Å². The minimum atomic E-state index is -0.200. The molecule has 11 heteroatoms. The van der Waals surface area contributed by atoms with Crippen molar-refractivity contribution >= 4 is 28.3 Å². The summed E-state index contributed by atoms with van der Waals surface area (Å²) in [6.45, 7) is 0. The second-order valence-electron chi connectivity index (χ2n) is 8.73. The van der Waals surface area contributed by atoms with Gasteiger partial charge in [0.05, 0.1) is 27.1 Å². The van der Waals surface area contributed by atoms with Crippen molar-refractivity contribution in [1.29, 1.82) is 0 Å². The lowest BCUT2D eigenvalue weighted by atomic mass is 10.1. The van der Waals surface area contributed by atoms with Gasteiger partial charge in [-0.3, -0.25) is 9.59 Å². The van der Waals surface area contributed by atoms with Gasteiger partial charge in [-0.2, -0.15) is 0 Å². The molecule has 0 spiro atoms. The van der Waals surface area contributed by atoms with Gasteiger partial charge in [0.15, 0.2) is 0 Å². The fraction of sp³-hybridized carbons (Fsp3) is 0.286. The first kappa shape index (κ1) is 29.2. The maximum atomic E-state index is 12.5. The van der Waals surface area contributed by atoms with Crippen LogP contribution in [0, 0.1) is 0 Å². The number of nitrogens with one attached hydrogen (secondary N) is 2. The zero-order valence-corrected chi connectivity index (χ0v) is 22.9. The number of carbonyl (C=O) groups excluding carboxylic acids is 2. The highest BCUT2D eigenvalue weighted by Gasteiger charge is 2.11. The number of anilines is 1. The van der Waals surface area contributed by atoms with Crippen LogP contribution >= 0.6 is 11.3 Å². The Labute approximate surface area is 232 Å². The van der Waals surface area contributed by atoms with Crippen LogP contribution in [-0.2, 0) is 28.9 Å². The van der Waals surface area contributed by atoms with E-state index in [-0.39, 0.29) is 30.5 Å². The zero-order valence-electron chi connectivity index (χ0n) is 22.1. The van der Waals surface area contributed by atoms with Crippen molar-refractivity contribution in [1.82, 2.24) is 15.5 Å². The predicted molar refractivity (Wildman–Crippen MR) is 152 cm³/mol. The zero-order chi connectivity index (χ0) is 28.0. The van der Waals surface area contributed by atoms with Gasteiger partial charge in [-0.15, -0.1) is 10.2 Å². The Kier molecular flexibility index (Phi) is 11.3. The first-order valence-corrected chi connectivity index (χ1v) is 13.3. The lowest BCUT2D eigenvalue weighted by molar-refractivity contribution is -0.119. The molecule has 0 aliphatic rings. The molecule has 6 N–H and O–H groups in total. The normalized spacial score (nSPS) is 11.6. The van der Waals surface area contributed by atoms with Crippen molar-refractivity contribution in [3.63, 3.8) is 0 Å². The van der Waals surface area contributed by atoms with Crippen LogP contribution in [0.5, 0.6) is 11.5 Å². The van der Waals surface area contributed by atoms with Crippen LogP contribution in [0.3, 0.4) is 0 Å². The van der Waals surface area contributed by atoms with Gasteiger partial charge in [0.1, 0.15) is 22.3 Å². The first-order chi connectivity index (χ1) is 18.8. The molecule has 2 amide bonds. The summed E-state index contributed by atoms with van der Waals surface area (Å²) in [4.78, 5) is 24.5. The number of carbonyl (C=O) groups is 2. The molecule has 206 valence electrons. The molecule has 3 aromatic rings. The van der Waals surface area contributed by atoms with Crippen LogP contribution in [0.15, 0.2) is 72.2 Å². The predicted octanol–water partition coefficient (Wildman–Crippen LogP) is 3.45. The lowest BCUT2D eigenvalue weighted by Crippen LogP contribution is -2.28. The van der Waals surface area contributed by atoms with Gasteiger partial charge >= 0.3 is 0 Å². The number of allylic oxidation sites excluding steroid dienone is 3. The average molecular weight is 551 g/mol. The number of benzene rings is 2. The van der Waals surface area contributed by atoms with E-state index in [9.17, 15) is 9.59 Å². The molecule has 10 nitrogen and oxygen atoms in total. The van der Waals surface area contributed by atoms with Gasteiger partial charge in [0.2, 0.25) is 16.9 Å². The second-order valence-corrected chi connectivity index (χ2v) is 9.79. The van der Waals surface area contributed by atoms with Crippen molar-refractivity contribution in [3.05, 3.63) is 88.3 Å². The maximum Gasteiger partial charge on any atom is 0.230 e. The number of nitrogens with zero attached hydrogens (tertiary/aromatic N) is 2. The van der Waals surface area contributed by atoms with E-state index >= 15 is 0 Å². The molecule has 1 aromatic heterocycles. The molecule has 0 aliphatic heterocycles. The Hall–Kier alpha value is -4.38. The third kappa shape index (κ3) is 10.5. The molecule has 0 atom stereocenters. The summed E-state index contributed by atoms with van der Waals surface area (Å²) in [7, 11) is 3.13. The Morgan fingerprint density at radius 3 is 2.28 bits per heavy atom.